The molecule has 0 spiro atoms. The summed E-state index contributed by atoms with van der Waals surface area (Å²) < 4.78 is 86.8. The highest BCUT2D eigenvalue weighted by Gasteiger charge is 2.52. The van der Waals surface area contributed by atoms with Crippen LogP contribution in [0.15, 0.2) is 5.11 Å². The molecule has 1 heterocycles. The van der Waals surface area contributed by atoms with Gasteiger partial charge in [-0.1, -0.05) is 5.11 Å². The number of amides is 1. The summed E-state index contributed by atoms with van der Waals surface area (Å²) in [5.41, 5.74) is 5.30. The number of carbonyl (C=O) groups excluding carboxylic acids is 5. The summed E-state index contributed by atoms with van der Waals surface area (Å²) >= 11 is 0. The van der Waals surface area contributed by atoms with Crippen LogP contribution in [0.4, 0.5) is 28.0 Å². The lowest BCUT2D eigenvalue weighted by Gasteiger charge is -2.44. The van der Waals surface area contributed by atoms with Gasteiger partial charge in [-0.3, -0.25) is 19.2 Å². The molecule has 0 aliphatic carbocycles. The Bertz CT molecular complexity index is 1250. The van der Waals surface area contributed by atoms with Crippen LogP contribution >= 0.6 is 0 Å². The molecule has 1 fully saturated rings. The molecule has 1 aromatic rings. The van der Waals surface area contributed by atoms with Gasteiger partial charge >= 0.3 is 24.1 Å². The molecule has 0 bridgehead atoms. The normalized spacial score (nSPS) is 21.5. The lowest BCUT2D eigenvalue weighted by molar-refractivity contribution is -0.267. The van der Waals surface area contributed by atoms with Crippen molar-refractivity contribution in [1.29, 1.82) is 0 Å². The minimum atomic E-state index is -2.07. The van der Waals surface area contributed by atoms with Crippen LogP contribution < -0.4 is 5.32 Å². The molecule has 0 radical (unpaired) electrons. The molecule has 0 aromatic heterocycles. The fourth-order valence-corrected chi connectivity index (χ4v) is 3.58. The zero-order valence-electron chi connectivity index (χ0n) is 21.6. The van der Waals surface area contributed by atoms with E-state index in [0.717, 1.165) is 27.7 Å². The second kappa shape index (κ2) is 14.1. The predicted octanol–water partition coefficient (Wildman–Crippen LogP) is 2.49. The van der Waals surface area contributed by atoms with Crippen molar-refractivity contribution in [2.24, 2.45) is 5.11 Å². The SMILES string of the molecule is CC(=O)N[C@H]1[C@H](OC(=O)OCc2c(F)c(F)c(N=[N+]=[N-])c(F)c2F)O[C@H](COC(C)=O)[C@@H](OC(C)=O)[C@@H]1OC(C)=O. The van der Waals surface area contributed by atoms with Gasteiger partial charge in [-0.15, -0.1) is 0 Å². The average molecular weight is 594 g/mol. The molecule has 19 heteroatoms. The molecule has 0 saturated carbocycles. The maximum atomic E-state index is 14.3. The second-order valence-corrected chi connectivity index (χ2v) is 8.15. The Morgan fingerprint density at radius 1 is 0.854 bits per heavy atom. The molecule has 15 nitrogen and oxygen atoms in total. The molecule has 1 aliphatic rings. The zero-order valence-corrected chi connectivity index (χ0v) is 21.6. The van der Waals surface area contributed by atoms with Crippen LogP contribution in [0.2, 0.25) is 0 Å². The van der Waals surface area contributed by atoms with Gasteiger partial charge in [-0.2, -0.15) is 0 Å². The first-order valence-corrected chi connectivity index (χ1v) is 11.3. The number of nitrogens with one attached hydrogen (secondary N) is 1. The third kappa shape index (κ3) is 8.42. The van der Waals surface area contributed by atoms with Gasteiger partial charge in [0.25, 0.3) is 0 Å². The van der Waals surface area contributed by atoms with E-state index in [1.807, 2.05) is 0 Å². The van der Waals surface area contributed by atoms with E-state index in [1.165, 1.54) is 0 Å². The van der Waals surface area contributed by atoms with E-state index in [4.69, 9.17) is 29.2 Å². The Balaban J connectivity index is 2.38. The first-order chi connectivity index (χ1) is 19.2. The van der Waals surface area contributed by atoms with Crippen molar-refractivity contribution >= 4 is 35.7 Å². The molecule has 224 valence electrons. The second-order valence-electron chi connectivity index (χ2n) is 8.15. The van der Waals surface area contributed by atoms with E-state index >= 15 is 0 Å². The van der Waals surface area contributed by atoms with Crippen LogP contribution in [0.3, 0.4) is 0 Å². The first-order valence-electron chi connectivity index (χ1n) is 11.3. The Kier molecular flexibility index (Phi) is 11.2. The van der Waals surface area contributed by atoms with Gasteiger partial charge < -0.3 is 33.7 Å². The van der Waals surface area contributed by atoms with Gasteiger partial charge in [0, 0.05) is 32.6 Å². The minimum absolute atomic E-state index is 0.640. The molecule has 0 unspecified atom stereocenters. The molecular weight excluding hydrogens is 572 g/mol. The maximum Gasteiger partial charge on any atom is 0.511 e. The number of azide groups is 1. The fraction of sp³-hybridized carbons (Fsp3) is 0.500. The largest absolute Gasteiger partial charge is 0.511 e. The van der Waals surface area contributed by atoms with E-state index in [2.05, 4.69) is 20.1 Å². The van der Waals surface area contributed by atoms with Crippen LogP contribution in [0.5, 0.6) is 0 Å². The minimum Gasteiger partial charge on any atom is -0.463 e. The van der Waals surface area contributed by atoms with Crippen LogP contribution in [0, 0.1) is 23.3 Å². The van der Waals surface area contributed by atoms with Crippen molar-refractivity contribution < 1.29 is 70.0 Å². The Morgan fingerprint density at radius 3 is 1.90 bits per heavy atom. The van der Waals surface area contributed by atoms with Crippen molar-refractivity contribution in [1.82, 2.24) is 5.32 Å². The highest BCUT2D eigenvalue weighted by Crippen LogP contribution is 2.32. The van der Waals surface area contributed by atoms with Crippen molar-refractivity contribution in [3.63, 3.8) is 0 Å². The van der Waals surface area contributed by atoms with E-state index in [1.54, 1.807) is 0 Å². The van der Waals surface area contributed by atoms with E-state index in [9.17, 15) is 41.5 Å². The Morgan fingerprint density at radius 2 is 1.41 bits per heavy atom. The molecule has 1 aromatic carbocycles. The highest BCUT2D eigenvalue weighted by atomic mass is 19.2. The Labute approximate surface area is 227 Å². The molecule has 41 heavy (non-hydrogen) atoms. The molecule has 1 aliphatic heterocycles. The molecule has 1 N–H and O–H groups in total. The van der Waals surface area contributed by atoms with E-state index in [-0.39, 0.29) is 0 Å². The molecule has 5 atom stereocenters. The van der Waals surface area contributed by atoms with Gasteiger partial charge in [-0.25, -0.2) is 22.4 Å². The lowest BCUT2D eigenvalue weighted by Crippen LogP contribution is -2.66. The van der Waals surface area contributed by atoms with Crippen molar-refractivity contribution in [3.05, 3.63) is 39.3 Å². The smallest absolute Gasteiger partial charge is 0.463 e. The van der Waals surface area contributed by atoms with Crippen LogP contribution in [0.25, 0.3) is 10.4 Å². The zero-order chi connectivity index (χ0) is 31.0. The third-order valence-corrected chi connectivity index (χ3v) is 5.09. The summed E-state index contributed by atoms with van der Waals surface area (Å²) in [6, 6.07) is -1.60. The third-order valence-electron chi connectivity index (χ3n) is 5.09. The topological polar surface area (TPSA) is 202 Å². The predicted molar refractivity (Wildman–Crippen MR) is 120 cm³/mol. The summed E-state index contributed by atoms with van der Waals surface area (Å²) in [5.74, 6) is -11.7. The number of hydrogen-bond acceptors (Lipinski definition) is 12. The standard InChI is InChI=1S/C22H22F4N4O11/c1-7(31)28-18-20(39-10(4)34)19(38-9(3)33)12(6-36-8(2)32)40-21(18)41-22(35)37-5-11-13(23)15(25)17(29-30-27)16(26)14(11)24/h12,18-21H,5-6H2,1-4H3,(H,28,31)/t12-,18-,19-,20-,21+/m1/s1. The number of carbonyl (C=O) groups is 5. The maximum absolute atomic E-state index is 14.3. The first kappa shape index (κ1) is 32.6. The number of hydrogen-bond donors (Lipinski definition) is 1. The Hall–Kier alpha value is -4.64. The van der Waals surface area contributed by atoms with Crippen LogP contribution in [0.1, 0.15) is 33.3 Å². The van der Waals surface area contributed by atoms with E-state index in [0.29, 0.717) is 0 Å². The highest BCUT2D eigenvalue weighted by molar-refractivity contribution is 5.74. The van der Waals surface area contributed by atoms with Gasteiger partial charge in [0.2, 0.25) is 12.2 Å². The quantitative estimate of drug-likeness (QED) is 0.0837. The molecule has 1 saturated heterocycles. The monoisotopic (exact) mass is 594 g/mol. The molecule has 1 amide bonds. The average Bonchev–Trinajstić information content (AvgIpc) is 2.87. The van der Waals surface area contributed by atoms with Crippen LogP contribution in [-0.2, 0) is 54.2 Å². The number of esters is 3. The van der Waals surface area contributed by atoms with Gasteiger partial charge in [0.05, 0.1) is 5.56 Å². The summed E-state index contributed by atoms with van der Waals surface area (Å²) in [6.07, 6.45) is -8.33. The summed E-state index contributed by atoms with van der Waals surface area (Å²) in [6.45, 7) is 1.91. The van der Waals surface area contributed by atoms with Gasteiger partial charge in [-0.05, 0) is 5.53 Å². The number of rotatable bonds is 9. The van der Waals surface area contributed by atoms with Crippen LogP contribution in [-0.4, -0.2) is 67.2 Å². The van der Waals surface area contributed by atoms with Crippen molar-refractivity contribution in [2.75, 3.05) is 6.61 Å². The van der Waals surface area contributed by atoms with Crippen molar-refractivity contribution in [2.45, 2.75) is 64.9 Å². The summed E-state index contributed by atoms with van der Waals surface area (Å²) in [4.78, 5) is 61.3. The number of halogens is 4. The van der Waals surface area contributed by atoms with Crippen molar-refractivity contribution in [3.8, 4) is 0 Å². The summed E-state index contributed by atoms with van der Waals surface area (Å²) in [7, 11) is 0. The number of benzene rings is 1. The number of nitrogens with zero attached hydrogens (tertiary/aromatic N) is 3. The van der Waals surface area contributed by atoms with E-state index < -0.39 is 108 Å². The molecular formula is C22H22F4N4O11. The van der Waals surface area contributed by atoms with Gasteiger partial charge in [0.1, 0.15) is 31.0 Å². The molecule has 2 rings (SSSR count). The number of ether oxygens (including phenoxy) is 6. The summed E-state index contributed by atoms with van der Waals surface area (Å²) in [5, 5.41) is 4.80. The lowest BCUT2D eigenvalue weighted by atomic mass is 9.96. The van der Waals surface area contributed by atoms with Gasteiger partial charge in [0.15, 0.2) is 35.5 Å². The fourth-order valence-electron chi connectivity index (χ4n) is 3.58.